The van der Waals surface area contributed by atoms with Crippen molar-refractivity contribution < 1.29 is 49.0 Å². The number of hydrogen-bond donors (Lipinski definition) is 4. The lowest BCUT2D eigenvalue weighted by atomic mass is 9.58. The molecule has 0 aromatic heterocycles. The summed E-state index contributed by atoms with van der Waals surface area (Å²) in [4.78, 5) is 39.6. The first-order valence-corrected chi connectivity index (χ1v) is 14.2. The fourth-order valence-corrected chi connectivity index (χ4v) is 8.51. The van der Waals surface area contributed by atoms with Crippen LogP contribution >= 0.6 is 0 Å². The number of aliphatic hydroxyl groups is 4. The van der Waals surface area contributed by atoms with Crippen LogP contribution in [0.25, 0.3) is 0 Å². The van der Waals surface area contributed by atoms with Crippen molar-refractivity contribution in [3.05, 3.63) is 11.6 Å². The molecule has 4 fully saturated rings. The van der Waals surface area contributed by atoms with Gasteiger partial charge in [0.05, 0.1) is 24.2 Å². The molecule has 12 atom stereocenters. The Morgan fingerprint density at radius 2 is 1.85 bits per heavy atom. The molecule has 0 bridgehead atoms. The standard InChI is InChI=1S/C29H42O10/c1-8-10-17(31)37-21-15(5)27(35)16-11-14(4)20(32)28(16,36)24(34)26(12-30)22(38-26)18(27)19-25(6,7)29(19,21)39-23(33)13(3)9-2/h11,13,15-16,18-19,21-22,24,30,34-36H,8-10,12H2,1-7H3. The van der Waals surface area contributed by atoms with Gasteiger partial charge in [-0.05, 0) is 25.3 Å². The van der Waals surface area contributed by atoms with Gasteiger partial charge in [0.1, 0.15) is 17.8 Å². The van der Waals surface area contributed by atoms with Crippen molar-refractivity contribution in [1.29, 1.82) is 0 Å². The Morgan fingerprint density at radius 3 is 2.41 bits per heavy atom. The Bertz CT molecular complexity index is 1130. The summed E-state index contributed by atoms with van der Waals surface area (Å²) >= 11 is 0. The highest BCUT2D eigenvalue weighted by Crippen LogP contribution is 2.80. The van der Waals surface area contributed by atoms with E-state index in [1.54, 1.807) is 13.8 Å². The van der Waals surface area contributed by atoms with Gasteiger partial charge >= 0.3 is 11.9 Å². The van der Waals surface area contributed by atoms with Gasteiger partial charge in [0.15, 0.2) is 17.0 Å². The zero-order chi connectivity index (χ0) is 29.1. The minimum atomic E-state index is -2.47. The third-order valence-corrected chi connectivity index (χ3v) is 11.0. The normalized spacial score (nSPS) is 49.4. The van der Waals surface area contributed by atoms with Crippen LogP contribution in [0.4, 0.5) is 0 Å². The summed E-state index contributed by atoms with van der Waals surface area (Å²) < 4.78 is 18.3. The largest absolute Gasteiger partial charge is 0.458 e. The van der Waals surface area contributed by atoms with E-state index in [1.807, 2.05) is 27.7 Å². The number of ketones is 1. The Kier molecular flexibility index (Phi) is 6.31. The van der Waals surface area contributed by atoms with Gasteiger partial charge in [-0.25, -0.2) is 0 Å². The fraction of sp³-hybridized carbons (Fsp3) is 0.828. The molecule has 4 aliphatic carbocycles. The number of epoxide rings is 1. The molecule has 5 rings (SSSR count). The van der Waals surface area contributed by atoms with Crippen LogP contribution in [0.1, 0.15) is 67.7 Å². The second kappa shape index (κ2) is 8.58. The lowest BCUT2D eigenvalue weighted by Crippen LogP contribution is -2.69. The van der Waals surface area contributed by atoms with E-state index in [1.165, 1.54) is 13.0 Å². The number of aliphatic hydroxyl groups excluding tert-OH is 2. The molecule has 10 heteroatoms. The highest BCUT2D eigenvalue weighted by molar-refractivity contribution is 6.05. The molecule has 5 aliphatic rings. The maximum Gasteiger partial charge on any atom is 0.309 e. The molecule has 1 aliphatic heterocycles. The summed E-state index contributed by atoms with van der Waals surface area (Å²) in [5.74, 6) is -5.88. The maximum absolute atomic E-state index is 13.4. The molecule has 4 N–H and O–H groups in total. The van der Waals surface area contributed by atoms with Crippen molar-refractivity contribution in [1.82, 2.24) is 0 Å². The fourth-order valence-electron chi connectivity index (χ4n) is 8.51. The van der Waals surface area contributed by atoms with Gasteiger partial charge in [0, 0.05) is 35.5 Å². The lowest BCUT2D eigenvalue weighted by molar-refractivity contribution is -0.246. The van der Waals surface area contributed by atoms with Gasteiger partial charge in [-0.15, -0.1) is 0 Å². The van der Waals surface area contributed by atoms with E-state index >= 15 is 0 Å². The molecule has 10 nitrogen and oxygen atoms in total. The highest BCUT2D eigenvalue weighted by atomic mass is 16.6. The van der Waals surface area contributed by atoms with E-state index in [2.05, 4.69) is 0 Å². The molecule has 218 valence electrons. The smallest absolute Gasteiger partial charge is 0.309 e. The Hall–Kier alpha value is -1.85. The highest BCUT2D eigenvalue weighted by Gasteiger charge is 2.93. The number of esters is 2. The van der Waals surface area contributed by atoms with Gasteiger partial charge in [0.25, 0.3) is 0 Å². The van der Waals surface area contributed by atoms with Crippen LogP contribution in [-0.2, 0) is 28.6 Å². The van der Waals surface area contributed by atoms with Gasteiger partial charge < -0.3 is 34.6 Å². The van der Waals surface area contributed by atoms with Crippen molar-refractivity contribution in [2.75, 3.05) is 6.61 Å². The number of carbonyl (C=O) groups excluding carboxylic acids is 3. The zero-order valence-electron chi connectivity index (χ0n) is 23.8. The number of ether oxygens (including phenoxy) is 3. The molecular weight excluding hydrogens is 508 g/mol. The molecule has 0 spiro atoms. The second-order valence-electron chi connectivity index (χ2n) is 13.1. The van der Waals surface area contributed by atoms with Crippen LogP contribution in [0.15, 0.2) is 11.6 Å². The summed E-state index contributed by atoms with van der Waals surface area (Å²) in [5.41, 5.74) is -8.06. The minimum absolute atomic E-state index is 0.120. The number of Topliss-reactive ketones (excluding diaryl/α,β-unsaturated/α-hetero) is 1. The molecule has 3 saturated carbocycles. The number of fused-ring (bicyclic) bond motifs is 7. The van der Waals surface area contributed by atoms with E-state index in [0.717, 1.165) is 0 Å². The number of carbonyl (C=O) groups is 3. The van der Waals surface area contributed by atoms with E-state index < -0.39 is 100 Å². The van der Waals surface area contributed by atoms with E-state index in [9.17, 15) is 34.8 Å². The van der Waals surface area contributed by atoms with Crippen LogP contribution in [0.3, 0.4) is 0 Å². The monoisotopic (exact) mass is 550 g/mol. The summed E-state index contributed by atoms with van der Waals surface area (Å²) in [6.07, 6.45) is -1.21. The van der Waals surface area contributed by atoms with Crippen molar-refractivity contribution in [3.8, 4) is 0 Å². The summed E-state index contributed by atoms with van der Waals surface area (Å²) in [6, 6.07) is 0. The predicted octanol–water partition coefficient (Wildman–Crippen LogP) is 1.06. The first-order chi connectivity index (χ1) is 18.1. The van der Waals surface area contributed by atoms with Gasteiger partial charge in [-0.1, -0.05) is 47.6 Å². The molecule has 0 aromatic carbocycles. The van der Waals surface area contributed by atoms with Crippen molar-refractivity contribution in [3.63, 3.8) is 0 Å². The summed E-state index contributed by atoms with van der Waals surface area (Å²) in [6.45, 7) is 11.7. The molecule has 1 heterocycles. The van der Waals surface area contributed by atoms with Crippen molar-refractivity contribution in [2.45, 2.75) is 108 Å². The average Bonchev–Trinajstić information content (AvgIpc) is 3.71. The molecule has 0 amide bonds. The minimum Gasteiger partial charge on any atom is -0.458 e. The molecule has 39 heavy (non-hydrogen) atoms. The van der Waals surface area contributed by atoms with Crippen LogP contribution in [0.5, 0.6) is 0 Å². The molecule has 12 unspecified atom stereocenters. The van der Waals surface area contributed by atoms with Gasteiger partial charge in [-0.3, -0.25) is 14.4 Å². The molecular formula is C29H42O10. The average molecular weight is 551 g/mol. The van der Waals surface area contributed by atoms with E-state index in [-0.39, 0.29) is 12.0 Å². The Morgan fingerprint density at radius 1 is 1.21 bits per heavy atom. The van der Waals surface area contributed by atoms with Gasteiger partial charge in [-0.2, -0.15) is 0 Å². The Labute approximate surface area is 228 Å². The number of hydrogen-bond acceptors (Lipinski definition) is 10. The van der Waals surface area contributed by atoms with Crippen LogP contribution in [0.2, 0.25) is 0 Å². The zero-order valence-corrected chi connectivity index (χ0v) is 23.8. The summed E-state index contributed by atoms with van der Waals surface area (Å²) in [5, 5.41) is 46.6. The van der Waals surface area contributed by atoms with E-state index in [0.29, 0.717) is 12.8 Å². The van der Waals surface area contributed by atoms with Crippen LogP contribution in [0, 0.1) is 35.0 Å². The molecule has 0 radical (unpaired) electrons. The number of rotatable bonds is 7. The first-order valence-electron chi connectivity index (χ1n) is 14.2. The summed E-state index contributed by atoms with van der Waals surface area (Å²) in [7, 11) is 0. The Balaban J connectivity index is 1.72. The topological polar surface area (TPSA) is 163 Å². The van der Waals surface area contributed by atoms with Crippen molar-refractivity contribution in [2.24, 2.45) is 35.0 Å². The lowest BCUT2D eigenvalue weighted by Gasteiger charge is -2.53. The molecule has 1 saturated heterocycles. The maximum atomic E-state index is 13.4. The SMILES string of the molecule is CCCC(=O)OC1C(C)C2(O)C(C3OC3(CO)C(O)C3(O)C(=O)C(C)=CC32)C2C(C)(C)C12OC(=O)C(C)CC. The quantitative estimate of drug-likeness (QED) is 0.266. The second-order valence-corrected chi connectivity index (χ2v) is 13.1. The van der Waals surface area contributed by atoms with E-state index in [4.69, 9.17) is 14.2 Å². The van der Waals surface area contributed by atoms with Crippen LogP contribution in [-0.4, -0.2) is 85.5 Å². The molecule has 0 aromatic rings. The predicted molar refractivity (Wildman–Crippen MR) is 136 cm³/mol. The van der Waals surface area contributed by atoms with Crippen molar-refractivity contribution >= 4 is 17.7 Å². The third-order valence-electron chi connectivity index (χ3n) is 11.0. The van der Waals surface area contributed by atoms with Crippen LogP contribution < -0.4 is 0 Å². The third kappa shape index (κ3) is 3.18. The first kappa shape index (κ1) is 28.7. The van der Waals surface area contributed by atoms with Gasteiger partial charge in [0.2, 0.25) is 0 Å².